The summed E-state index contributed by atoms with van der Waals surface area (Å²) in [5, 5.41) is 1.03. The van der Waals surface area contributed by atoms with Gasteiger partial charge in [-0.1, -0.05) is 40.9 Å². The maximum absolute atomic E-state index is 6.07. The molecule has 19 heavy (non-hydrogen) atoms. The van der Waals surface area contributed by atoms with Crippen molar-refractivity contribution < 1.29 is 4.74 Å². The molecule has 2 rings (SSSR count). The lowest BCUT2D eigenvalue weighted by molar-refractivity contribution is 0.464. The fraction of sp³-hybridized carbons (Fsp3) is 0.0833. The van der Waals surface area contributed by atoms with Crippen molar-refractivity contribution in [1.29, 1.82) is 0 Å². The van der Waals surface area contributed by atoms with Crippen LogP contribution < -0.4 is 16.0 Å². The fourth-order valence-corrected chi connectivity index (χ4v) is 2.14. The van der Waals surface area contributed by atoms with Crippen molar-refractivity contribution in [3.05, 3.63) is 44.9 Å². The number of hydrogen-bond acceptors (Lipinski definition) is 4. The molecule has 0 radical (unpaired) electrons. The van der Waals surface area contributed by atoms with Crippen molar-refractivity contribution in [2.24, 2.45) is 5.84 Å². The summed E-state index contributed by atoms with van der Waals surface area (Å²) < 4.78 is 5.56. The molecule has 7 heteroatoms. The van der Waals surface area contributed by atoms with E-state index in [2.05, 4.69) is 10.4 Å². The summed E-state index contributed by atoms with van der Waals surface area (Å²) >= 11 is 18.0. The van der Waals surface area contributed by atoms with Crippen molar-refractivity contribution in [3.63, 3.8) is 0 Å². The number of aromatic nitrogens is 1. The second-order valence-electron chi connectivity index (χ2n) is 3.79. The number of hydrogen-bond donors (Lipinski definition) is 2. The average Bonchev–Trinajstić information content (AvgIpc) is 2.35. The highest BCUT2D eigenvalue weighted by molar-refractivity contribution is 6.36. The fourth-order valence-electron chi connectivity index (χ4n) is 1.42. The van der Waals surface area contributed by atoms with Gasteiger partial charge in [-0.15, -0.1) is 0 Å². The minimum absolute atomic E-state index is 0.171. The monoisotopic (exact) mass is 317 g/mol. The molecule has 0 aliphatic heterocycles. The second kappa shape index (κ2) is 5.84. The standard InChI is InChI=1S/C12H10Cl3N3O/c1-6-2-3-10(7(13)4-6)19-12-9(15)5-8(14)11(17-12)18-16/h2-5H,16H2,1H3,(H,17,18). The summed E-state index contributed by atoms with van der Waals surface area (Å²) in [4.78, 5) is 4.07. The van der Waals surface area contributed by atoms with Crippen LogP contribution in [-0.4, -0.2) is 4.98 Å². The Hall–Kier alpha value is -1.20. The zero-order valence-electron chi connectivity index (χ0n) is 9.88. The van der Waals surface area contributed by atoms with Crippen molar-refractivity contribution in [2.75, 3.05) is 5.43 Å². The Morgan fingerprint density at radius 2 is 1.84 bits per heavy atom. The second-order valence-corrected chi connectivity index (χ2v) is 5.01. The Morgan fingerprint density at radius 3 is 2.47 bits per heavy atom. The third kappa shape index (κ3) is 3.22. The molecule has 0 atom stereocenters. The Balaban J connectivity index is 2.37. The highest BCUT2D eigenvalue weighted by Gasteiger charge is 2.12. The number of halogens is 3. The Bertz CT molecular complexity index is 619. The molecular formula is C12H10Cl3N3O. The van der Waals surface area contributed by atoms with Gasteiger partial charge in [0.1, 0.15) is 10.8 Å². The number of pyridine rings is 1. The van der Waals surface area contributed by atoms with Gasteiger partial charge in [0, 0.05) is 0 Å². The van der Waals surface area contributed by atoms with Crippen LogP contribution >= 0.6 is 34.8 Å². The minimum Gasteiger partial charge on any atom is -0.436 e. The van der Waals surface area contributed by atoms with Gasteiger partial charge in [-0.05, 0) is 30.7 Å². The molecule has 4 nitrogen and oxygen atoms in total. The number of rotatable bonds is 3. The van der Waals surface area contributed by atoms with Crippen LogP contribution in [0.4, 0.5) is 5.82 Å². The largest absolute Gasteiger partial charge is 0.436 e. The normalized spacial score (nSPS) is 10.4. The summed E-state index contributed by atoms with van der Waals surface area (Å²) in [6.45, 7) is 1.93. The van der Waals surface area contributed by atoms with E-state index in [0.717, 1.165) is 5.56 Å². The molecular weight excluding hydrogens is 309 g/mol. The van der Waals surface area contributed by atoms with E-state index in [1.54, 1.807) is 12.1 Å². The van der Waals surface area contributed by atoms with Gasteiger partial charge in [0.15, 0.2) is 5.82 Å². The van der Waals surface area contributed by atoms with Crippen molar-refractivity contribution >= 4 is 40.6 Å². The van der Waals surface area contributed by atoms with Crippen LogP contribution in [0.1, 0.15) is 5.56 Å². The van der Waals surface area contributed by atoms with Gasteiger partial charge >= 0.3 is 0 Å². The van der Waals surface area contributed by atoms with E-state index in [9.17, 15) is 0 Å². The van der Waals surface area contributed by atoms with E-state index in [-0.39, 0.29) is 16.7 Å². The van der Waals surface area contributed by atoms with Crippen LogP contribution in [-0.2, 0) is 0 Å². The minimum atomic E-state index is 0.171. The average molecular weight is 319 g/mol. The van der Waals surface area contributed by atoms with Gasteiger partial charge < -0.3 is 10.2 Å². The molecule has 1 aromatic carbocycles. The third-order valence-corrected chi connectivity index (χ3v) is 3.18. The predicted molar refractivity (Wildman–Crippen MR) is 78.3 cm³/mol. The molecule has 0 amide bonds. The van der Waals surface area contributed by atoms with Crippen molar-refractivity contribution in [1.82, 2.24) is 4.98 Å². The molecule has 0 aliphatic carbocycles. The summed E-state index contributed by atoms with van der Waals surface area (Å²) in [5.74, 6) is 6.18. The lowest BCUT2D eigenvalue weighted by Gasteiger charge is -2.11. The zero-order valence-corrected chi connectivity index (χ0v) is 12.1. The number of hydrazine groups is 1. The molecule has 0 fully saturated rings. The summed E-state index contributed by atoms with van der Waals surface area (Å²) in [5.41, 5.74) is 3.38. The van der Waals surface area contributed by atoms with Crippen LogP contribution in [0.3, 0.4) is 0 Å². The van der Waals surface area contributed by atoms with Crippen LogP contribution in [0.2, 0.25) is 15.1 Å². The summed E-state index contributed by atoms with van der Waals surface area (Å²) in [6.07, 6.45) is 0. The summed E-state index contributed by atoms with van der Waals surface area (Å²) in [6, 6.07) is 6.87. The third-order valence-electron chi connectivity index (χ3n) is 2.33. The molecule has 3 N–H and O–H groups in total. The predicted octanol–water partition coefficient (Wildman–Crippen LogP) is 4.43. The molecule has 0 aliphatic rings. The number of aryl methyl sites for hydroxylation is 1. The molecule has 0 saturated heterocycles. The summed E-state index contributed by atoms with van der Waals surface area (Å²) in [7, 11) is 0. The van der Waals surface area contributed by atoms with E-state index in [1.165, 1.54) is 6.07 Å². The molecule has 0 spiro atoms. The van der Waals surface area contributed by atoms with Crippen LogP contribution in [0.25, 0.3) is 0 Å². The van der Waals surface area contributed by atoms with Crippen LogP contribution in [0, 0.1) is 6.92 Å². The number of nitrogen functional groups attached to an aromatic ring is 1. The topological polar surface area (TPSA) is 60.2 Å². The lowest BCUT2D eigenvalue weighted by atomic mass is 10.2. The van der Waals surface area contributed by atoms with Crippen LogP contribution in [0.15, 0.2) is 24.3 Å². The Kier molecular flexibility index (Phi) is 4.37. The number of anilines is 1. The molecule has 0 saturated carbocycles. The lowest BCUT2D eigenvalue weighted by Crippen LogP contribution is -2.09. The van der Waals surface area contributed by atoms with Crippen LogP contribution in [0.5, 0.6) is 11.6 Å². The van der Waals surface area contributed by atoms with Crippen molar-refractivity contribution in [3.8, 4) is 11.6 Å². The SMILES string of the molecule is Cc1ccc(Oc2nc(NN)c(Cl)cc2Cl)c(Cl)c1. The number of nitrogens with two attached hydrogens (primary N) is 1. The Morgan fingerprint density at radius 1 is 1.11 bits per heavy atom. The van der Waals surface area contributed by atoms with E-state index in [4.69, 9.17) is 45.4 Å². The van der Waals surface area contributed by atoms with Gasteiger partial charge in [-0.3, -0.25) is 0 Å². The van der Waals surface area contributed by atoms with E-state index in [0.29, 0.717) is 15.8 Å². The number of nitrogens with one attached hydrogen (secondary N) is 1. The zero-order chi connectivity index (χ0) is 14.0. The number of nitrogens with zero attached hydrogens (tertiary/aromatic N) is 1. The molecule has 0 unspecified atom stereocenters. The first-order valence-electron chi connectivity index (χ1n) is 5.28. The Labute approximate surface area is 125 Å². The maximum atomic E-state index is 6.07. The van der Waals surface area contributed by atoms with Gasteiger partial charge in [0.25, 0.3) is 0 Å². The smallest absolute Gasteiger partial charge is 0.240 e. The first-order valence-corrected chi connectivity index (χ1v) is 6.41. The highest BCUT2D eigenvalue weighted by Crippen LogP contribution is 2.35. The van der Waals surface area contributed by atoms with Crippen molar-refractivity contribution in [2.45, 2.75) is 6.92 Å². The van der Waals surface area contributed by atoms with Gasteiger partial charge in [-0.2, -0.15) is 4.98 Å². The maximum Gasteiger partial charge on any atom is 0.240 e. The highest BCUT2D eigenvalue weighted by atomic mass is 35.5. The molecule has 1 heterocycles. The number of ether oxygens (including phenoxy) is 1. The number of benzene rings is 1. The molecule has 2 aromatic rings. The molecule has 100 valence electrons. The quantitative estimate of drug-likeness (QED) is 0.649. The van der Waals surface area contributed by atoms with E-state index in [1.807, 2.05) is 13.0 Å². The first-order chi connectivity index (χ1) is 9.01. The van der Waals surface area contributed by atoms with E-state index >= 15 is 0 Å². The first kappa shape index (κ1) is 14.2. The molecule has 0 bridgehead atoms. The van der Waals surface area contributed by atoms with E-state index < -0.39 is 0 Å². The van der Waals surface area contributed by atoms with Gasteiger partial charge in [0.05, 0.1) is 10.0 Å². The van der Waals surface area contributed by atoms with Gasteiger partial charge in [-0.25, -0.2) is 5.84 Å². The molecule has 1 aromatic heterocycles. The van der Waals surface area contributed by atoms with Gasteiger partial charge in [0.2, 0.25) is 5.88 Å².